The molecule has 1 N–H and O–H groups in total. The largest absolute Gasteiger partial charge is 0.314 e. The quantitative estimate of drug-likeness (QED) is 0.726. The van der Waals surface area contributed by atoms with Gasteiger partial charge in [-0.2, -0.15) is 0 Å². The number of halogens is 5. The lowest BCUT2D eigenvalue weighted by molar-refractivity contribution is 0.166. The Balaban J connectivity index is 0.00000220. The first-order valence-corrected chi connectivity index (χ1v) is 7.52. The van der Waals surface area contributed by atoms with Crippen LogP contribution in [0.25, 0.3) is 0 Å². The van der Waals surface area contributed by atoms with E-state index >= 15 is 0 Å². The van der Waals surface area contributed by atoms with E-state index in [4.69, 9.17) is 0 Å². The molecule has 0 amide bonds. The number of hydrogen-bond acceptors (Lipinski definition) is 2. The Bertz CT molecular complexity index is 485. The average Bonchev–Trinajstić information content (AvgIpc) is 2.37. The summed E-state index contributed by atoms with van der Waals surface area (Å²) in [7, 11) is 0. The van der Waals surface area contributed by atoms with Crippen molar-refractivity contribution in [1.29, 1.82) is 0 Å². The lowest BCUT2D eigenvalue weighted by Crippen LogP contribution is -2.45. The van der Waals surface area contributed by atoms with Gasteiger partial charge in [-0.05, 0) is 25.5 Å². The van der Waals surface area contributed by atoms with E-state index in [0.717, 1.165) is 31.8 Å². The molecule has 0 bridgehead atoms. The minimum atomic E-state index is -0.498. The molecule has 2 rings (SSSR count). The summed E-state index contributed by atoms with van der Waals surface area (Å²) in [6, 6.07) is 2.36. The predicted octanol–water partition coefficient (Wildman–Crippen LogP) is 4.48. The number of hydrogen-bond donors (Lipinski definition) is 1. The van der Waals surface area contributed by atoms with E-state index in [2.05, 4.69) is 32.7 Å². The van der Waals surface area contributed by atoms with Crippen LogP contribution >= 0.6 is 40.7 Å². The van der Waals surface area contributed by atoms with Crippen molar-refractivity contribution in [2.75, 3.05) is 26.2 Å². The van der Waals surface area contributed by atoms with Gasteiger partial charge in [0.15, 0.2) is 0 Å². The fourth-order valence-corrected chi connectivity index (χ4v) is 3.01. The lowest BCUT2D eigenvalue weighted by Gasteiger charge is -2.35. The van der Waals surface area contributed by atoms with Crippen LogP contribution in [-0.2, 0) is 0 Å². The summed E-state index contributed by atoms with van der Waals surface area (Å²) in [5.41, 5.74) is 1.08. The monoisotopic (exact) mass is 416 g/mol. The van der Waals surface area contributed by atoms with Crippen molar-refractivity contribution in [1.82, 2.24) is 10.2 Å². The molecule has 0 aromatic heterocycles. The molecule has 0 spiro atoms. The normalized spacial score (nSPS) is 16.4. The Morgan fingerprint density at radius 2 is 1.77 bits per heavy atom. The molecule has 1 aromatic carbocycles. The summed E-state index contributed by atoms with van der Waals surface area (Å²) < 4.78 is 28.9. The van der Waals surface area contributed by atoms with Gasteiger partial charge >= 0.3 is 0 Å². The van der Waals surface area contributed by atoms with Gasteiger partial charge in [-0.1, -0.05) is 21.5 Å². The molecular formula is C15H21BrCl2F2N2. The van der Waals surface area contributed by atoms with Crippen LogP contribution in [0.4, 0.5) is 8.78 Å². The molecular weight excluding hydrogens is 397 g/mol. The highest BCUT2D eigenvalue weighted by atomic mass is 79.9. The number of benzene rings is 1. The molecule has 1 fully saturated rings. The molecule has 1 atom stereocenters. The van der Waals surface area contributed by atoms with Crippen LogP contribution in [0.15, 0.2) is 28.8 Å². The molecule has 0 aliphatic carbocycles. The minimum Gasteiger partial charge on any atom is -0.314 e. The molecule has 1 heterocycles. The van der Waals surface area contributed by atoms with Crippen LogP contribution in [0.5, 0.6) is 0 Å². The molecule has 2 nitrogen and oxygen atoms in total. The molecule has 1 aliphatic heterocycles. The van der Waals surface area contributed by atoms with Gasteiger partial charge in [0.2, 0.25) is 0 Å². The minimum absolute atomic E-state index is 0. The van der Waals surface area contributed by atoms with Gasteiger partial charge in [-0.3, -0.25) is 4.90 Å². The van der Waals surface area contributed by atoms with Crippen molar-refractivity contribution in [2.45, 2.75) is 19.4 Å². The smallest absolute Gasteiger partial charge is 0.132 e. The Labute approximate surface area is 151 Å². The first kappa shape index (κ1) is 21.8. The summed E-state index contributed by atoms with van der Waals surface area (Å²) in [4.78, 5) is 2.13. The van der Waals surface area contributed by atoms with Crippen LogP contribution in [0.2, 0.25) is 0 Å². The number of nitrogens with one attached hydrogen (secondary N) is 1. The molecule has 1 aliphatic rings. The molecule has 1 saturated heterocycles. The average molecular weight is 418 g/mol. The van der Waals surface area contributed by atoms with Crippen LogP contribution < -0.4 is 5.32 Å². The van der Waals surface area contributed by atoms with Gasteiger partial charge in [0.25, 0.3) is 0 Å². The highest BCUT2D eigenvalue weighted by Gasteiger charge is 2.27. The van der Waals surface area contributed by atoms with Gasteiger partial charge in [0.05, 0.1) is 0 Å². The van der Waals surface area contributed by atoms with Crippen LogP contribution in [-0.4, -0.2) is 31.1 Å². The van der Waals surface area contributed by atoms with E-state index < -0.39 is 11.6 Å². The second kappa shape index (κ2) is 9.83. The van der Waals surface area contributed by atoms with E-state index in [1.165, 1.54) is 12.1 Å². The van der Waals surface area contributed by atoms with Crippen LogP contribution in [0.1, 0.15) is 24.9 Å². The van der Waals surface area contributed by atoms with E-state index in [-0.39, 0.29) is 36.4 Å². The maximum Gasteiger partial charge on any atom is 0.132 e. The van der Waals surface area contributed by atoms with E-state index in [9.17, 15) is 8.78 Å². The third-order valence-electron chi connectivity index (χ3n) is 3.51. The second-order valence-electron chi connectivity index (χ2n) is 5.25. The van der Waals surface area contributed by atoms with E-state index in [1.54, 1.807) is 0 Å². The first-order valence-electron chi connectivity index (χ1n) is 6.72. The third kappa shape index (κ3) is 5.46. The third-order valence-corrected chi connectivity index (χ3v) is 3.97. The van der Waals surface area contributed by atoms with Crippen molar-refractivity contribution in [3.05, 3.63) is 46.0 Å². The van der Waals surface area contributed by atoms with E-state index in [0.29, 0.717) is 10.9 Å². The number of rotatable bonds is 4. The second-order valence-corrected chi connectivity index (χ2v) is 6.16. The maximum atomic E-state index is 14.2. The van der Waals surface area contributed by atoms with E-state index in [1.807, 2.05) is 6.92 Å². The molecule has 0 radical (unpaired) electrons. The van der Waals surface area contributed by atoms with Crippen molar-refractivity contribution in [3.8, 4) is 0 Å². The highest BCUT2D eigenvalue weighted by Crippen LogP contribution is 2.33. The molecule has 7 heteroatoms. The zero-order valence-electron chi connectivity index (χ0n) is 12.4. The molecule has 126 valence electrons. The van der Waals surface area contributed by atoms with Gasteiger partial charge in [-0.15, -0.1) is 31.4 Å². The fraction of sp³-hybridized carbons (Fsp3) is 0.467. The van der Waals surface area contributed by atoms with Crippen LogP contribution in [0.3, 0.4) is 0 Å². The van der Waals surface area contributed by atoms with Gasteiger partial charge < -0.3 is 5.32 Å². The molecule has 0 saturated carbocycles. The SMILES string of the molecule is C=C(C)C[C@H](c1c(F)cc(Br)cc1F)N1CCNCC1.Cl.Cl. The van der Waals surface area contributed by atoms with Gasteiger partial charge in [0.1, 0.15) is 11.6 Å². The zero-order valence-corrected chi connectivity index (χ0v) is 15.6. The zero-order chi connectivity index (χ0) is 14.7. The molecule has 22 heavy (non-hydrogen) atoms. The summed E-state index contributed by atoms with van der Waals surface area (Å²) in [6.07, 6.45) is 0.565. The maximum absolute atomic E-state index is 14.2. The van der Waals surface area contributed by atoms with Gasteiger partial charge in [0, 0.05) is 42.3 Å². The van der Waals surface area contributed by atoms with Crippen molar-refractivity contribution >= 4 is 40.7 Å². The standard InChI is InChI=1S/C15H19BrF2N2.2ClH/c1-10(2)7-14(20-5-3-19-4-6-20)15-12(17)8-11(16)9-13(15)18;;/h8-9,14,19H,1,3-7H2,2H3;2*1H/t14-;;/m1../s1. The summed E-state index contributed by atoms with van der Waals surface area (Å²) >= 11 is 3.12. The summed E-state index contributed by atoms with van der Waals surface area (Å²) in [6.45, 7) is 9.04. The number of nitrogens with zero attached hydrogens (tertiary/aromatic N) is 1. The highest BCUT2D eigenvalue weighted by molar-refractivity contribution is 9.10. The Morgan fingerprint density at radius 1 is 1.27 bits per heavy atom. The lowest BCUT2D eigenvalue weighted by atomic mass is 9.97. The van der Waals surface area contributed by atoms with Crippen molar-refractivity contribution in [2.24, 2.45) is 0 Å². The Kier molecular flexibility index (Phi) is 9.74. The Hall–Kier alpha value is -0.200. The first-order chi connectivity index (χ1) is 9.49. The van der Waals surface area contributed by atoms with Crippen molar-refractivity contribution in [3.63, 3.8) is 0 Å². The Morgan fingerprint density at radius 3 is 2.23 bits per heavy atom. The number of piperazine rings is 1. The fourth-order valence-electron chi connectivity index (χ4n) is 2.61. The predicted molar refractivity (Wildman–Crippen MR) is 95.2 cm³/mol. The summed E-state index contributed by atoms with van der Waals surface area (Å²) in [5, 5.41) is 3.25. The molecule has 1 aromatic rings. The topological polar surface area (TPSA) is 15.3 Å². The van der Waals surface area contributed by atoms with Crippen molar-refractivity contribution < 1.29 is 8.78 Å². The van der Waals surface area contributed by atoms with Gasteiger partial charge in [-0.25, -0.2) is 8.78 Å². The van der Waals surface area contributed by atoms with Crippen LogP contribution in [0, 0.1) is 11.6 Å². The molecule has 0 unspecified atom stereocenters. The summed E-state index contributed by atoms with van der Waals surface area (Å²) in [5.74, 6) is -0.997.